The molecule has 1 saturated heterocycles. The molecule has 0 spiro atoms. The van der Waals surface area contributed by atoms with Gasteiger partial charge in [0.25, 0.3) is 0 Å². The highest BCUT2D eigenvalue weighted by Crippen LogP contribution is 2.30. The van der Waals surface area contributed by atoms with Gasteiger partial charge in [-0.3, -0.25) is 14.9 Å². The van der Waals surface area contributed by atoms with Crippen molar-refractivity contribution >= 4 is 17.5 Å². The summed E-state index contributed by atoms with van der Waals surface area (Å²) in [5, 5.41) is 9.74. The van der Waals surface area contributed by atoms with Gasteiger partial charge in [-0.15, -0.1) is 0 Å². The van der Waals surface area contributed by atoms with Crippen molar-refractivity contribution in [2.24, 2.45) is 0 Å². The molecule has 1 aliphatic heterocycles. The van der Waals surface area contributed by atoms with Crippen molar-refractivity contribution in [2.45, 2.75) is 57.6 Å². The van der Waals surface area contributed by atoms with Gasteiger partial charge in [-0.05, 0) is 68.1 Å². The lowest BCUT2D eigenvalue weighted by Crippen LogP contribution is -2.32. The maximum absolute atomic E-state index is 11.9. The number of hydrogen-bond donors (Lipinski definition) is 2. The molecule has 2 N–H and O–H groups in total. The number of hydrogen-bond acceptors (Lipinski definition) is 4. The Morgan fingerprint density at radius 3 is 2.32 bits per heavy atom. The molecule has 1 heterocycles. The van der Waals surface area contributed by atoms with Gasteiger partial charge in [0, 0.05) is 24.1 Å². The Hall–Kier alpha value is -1.92. The van der Waals surface area contributed by atoms with Gasteiger partial charge in [-0.1, -0.05) is 54.4 Å². The van der Waals surface area contributed by atoms with Crippen molar-refractivity contribution in [3.8, 4) is 0 Å². The standard InChI is InChI=1S/C25H33ClN2O3/c1-2-31-24(17-25(29)27-30)23(16-19-8-12-22(26)13-9-19)21-10-6-20(7-11-21)18-28-14-4-3-5-15-28/h6-13,23-24,30H,2-5,14-18H2,1H3,(H,27,29)/t23-,24-/m1/s1. The van der Waals surface area contributed by atoms with Gasteiger partial charge in [0.1, 0.15) is 0 Å². The zero-order valence-electron chi connectivity index (χ0n) is 18.2. The highest BCUT2D eigenvalue weighted by atomic mass is 35.5. The first kappa shape index (κ1) is 23.7. The first-order valence-corrected chi connectivity index (χ1v) is 11.6. The van der Waals surface area contributed by atoms with Crippen LogP contribution < -0.4 is 5.48 Å². The van der Waals surface area contributed by atoms with Crippen molar-refractivity contribution in [1.82, 2.24) is 10.4 Å². The maximum atomic E-state index is 11.9. The third-order valence-corrected chi connectivity index (χ3v) is 6.22. The van der Waals surface area contributed by atoms with Gasteiger partial charge in [0.05, 0.1) is 12.5 Å². The van der Waals surface area contributed by atoms with E-state index in [0.717, 1.165) is 17.7 Å². The van der Waals surface area contributed by atoms with Crippen LogP contribution in [0.3, 0.4) is 0 Å². The molecule has 1 fully saturated rings. The van der Waals surface area contributed by atoms with Gasteiger partial charge in [-0.25, -0.2) is 5.48 Å². The minimum atomic E-state index is -0.443. The fraction of sp³-hybridized carbons (Fsp3) is 0.480. The Morgan fingerprint density at radius 2 is 1.71 bits per heavy atom. The molecule has 2 aromatic rings. The zero-order valence-corrected chi connectivity index (χ0v) is 19.0. The van der Waals surface area contributed by atoms with Crippen LogP contribution in [0.4, 0.5) is 0 Å². The molecule has 0 saturated carbocycles. The Labute approximate surface area is 190 Å². The normalized spacial score (nSPS) is 16.6. The fourth-order valence-corrected chi connectivity index (χ4v) is 4.47. The maximum Gasteiger partial charge on any atom is 0.245 e. The van der Waals surface area contributed by atoms with E-state index in [-0.39, 0.29) is 18.4 Å². The van der Waals surface area contributed by atoms with Crippen molar-refractivity contribution in [3.63, 3.8) is 0 Å². The summed E-state index contributed by atoms with van der Waals surface area (Å²) in [7, 11) is 0. The van der Waals surface area contributed by atoms with Crippen molar-refractivity contribution in [3.05, 3.63) is 70.2 Å². The van der Waals surface area contributed by atoms with E-state index < -0.39 is 5.91 Å². The molecule has 0 bridgehead atoms. The molecular weight excluding hydrogens is 412 g/mol. The number of benzene rings is 2. The minimum Gasteiger partial charge on any atom is -0.377 e. The largest absolute Gasteiger partial charge is 0.377 e. The molecule has 0 aliphatic carbocycles. The molecule has 0 radical (unpaired) electrons. The fourth-order valence-electron chi connectivity index (χ4n) is 4.34. The second kappa shape index (κ2) is 12.2. The van der Waals surface area contributed by atoms with Crippen LogP contribution in [0.15, 0.2) is 48.5 Å². The second-order valence-electron chi connectivity index (χ2n) is 8.25. The number of likely N-dealkylation sites (tertiary alicyclic amines) is 1. The van der Waals surface area contributed by atoms with Crippen LogP contribution in [0.25, 0.3) is 0 Å². The molecule has 31 heavy (non-hydrogen) atoms. The number of carbonyl (C=O) groups is 1. The Kier molecular flexibility index (Phi) is 9.34. The van der Waals surface area contributed by atoms with Crippen molar-refractivity contribution < 1.29 is 14.7 Å². The molecule has 1 aliphatic rings. The summed E-state index contributed by atoms with van der Waals surface area (Å²) in [6.07, 6.45) is 4.36. The van der Waals surface area contributed by atoms with E-state index in [1.54, 1.807) is 5.48 Å². The third kappa shape index (κ3) is 7.32. The van der Waals surface area contributed by atoms with Gasteiger partial charge in [-0.2, -0.15) is 0 Å². The Morgan fingerprint density at radius 1 is 1.06 bits per heavy atom. The summed E-state index contributed by atoms with van der Waals surface area (Å²) in [6.45, 7) is 5.73. The quantitative estimate of drug-likeness (QED) is 0.402. The molecule has 168 valence electrons. The lowest BCUT2D eigenvalue weighted by molar-refractivity contribution is -0.132. The predicted octanol–water partition coefficient (Wildman–Crippen LogP) is 4.95. The molecule has 6 heteroatoms. The summed E-state index contributed by atoms with van der Waals surface area (Å²) in [5.41, 5.74) is 5.30. The van der Waals surface area contributed by atoms with Crippen molar-refractivity contribution in [1.29, 1.82) is 0 Å². The number of nitrogens with zero attached hydrogens (tertiary/aromatic N) is 1. The first-order valence-electron chi connectivity index (χ1n) is 11.2. The Balaban J connectivity index is 1.81. The molecular formula is C25H33ClN2O3. The number of rotatable bonds is 10. The molecule has 3 rings (SSSR count). The van der Waals surface area contributed by atoms with Crippen LogP contribution in [0.5, 0.6) is 0 Å². The van der Waals surface area contributed by atoms with E-state index in [9.17, 15) is 4.79 Å². The summed E-state index contributed by atoms with van der Waals surface area (Å²) in [4.78, 5) is 14.5. The number of nitrogens with one attached hydrogen (secondary N) is 1. The topological polar surface area (TPSA) is 61.8 Å². The molecule has 0 unspecified atom stereocenters. The van der Waals surface area contributed by atoms with E-state index in [2.05, 4.69) is 29.2 Å². The SMILES string of the molecule is CCO[C@H](CC(=O)NO)[C@H](Cc1ccc(Cl)cc1)c1ccc(CN2CCCCC2)cc1. The van der Waals surface area contributed by atoms with E-state index in [0.29, 0.717) is 18.1 Å². The van der Waals surface area contributed by atoms with E-state index in [1.165, 1.54) is 37.9 Å². The zero-order chi connectivity index (χ0) is 22.1. The van der Waals surface area contributed by atoms with Crippen LogP contribution in [0.1, 0.15) is 55.2 Å². The van der Waals surface area contributed by atoms with Gasteiger partial charge in [0.2, 0.25) is 5.91 Å². The molecule has 1 amide bonds. The number of ether oxygens (including phenoxy) is 1. The number of piperidine rings is 1. The molecule has 0 aromatic heterocycles. The number of hydroxylamine groups is 1. The number of carbonyl (C=O) groups excluding carboxylic acids is 1. The monoisotopic (exact) mass is 444 g/mol. The smallest absolute Gasteiger partial charge is 0.245 e. The molecule has 2 atom stereocenters. The minimum absolute atomic E-state index is 0.0255. The average molecular weight is 445 g/mol. The van der Waals surface area contributed by atoms with Crippen LogP contribution >= 0.6 is 11.6 Å². The summed E-state index contributed by atoms with van der Waals surface area (Å²) in [5.74, 6) is -0.469. The van der Waals surface area contributed by atoms with Gasteiger partial charge in [0.15, 0.2) is 0 Å². The summed E-state index contributed by atoms with van der Waals surface area (Å²) in [6, 6.07) is 16.5. The van der Waals surface area contributed by atoms with Gasteiger partial charge < -0.3 is 4.74 Å². The summed E-state index contributed by atoms with van der Waals surface area (Å²) < 4.78 is 5.97. The van der Waals surface area contributed by atoms with Crippen LogP contribution in [0.2, 0.25) is 5.02 Å². The van der Waals surface area contributed by atoms with Crippen LogP contribution in [-0.4, -0.2) is 41.8 Å². The van der Waals surface area contributed by atoms with Crippen molar-refractivity contribution in [2.75, 3.05) is 19.7 Å². The highest BCUT2D eigenvalue weighted by Gasteiger charge is 2.27. The lowest BCUT2D eigenvalue weighted by Gasteiger charge is -2.28. The van der Waals surface area contributed by atoms with Crippen LogP contribution in [0, 0.1) is 0 Å². The highest BCUT2D eigenvalue weighted by molar-refractivity contribution is 6.30. The molecule has 2 aromatic carbocycles. The van der Waals surface area contributed by atoms with Gasteiger partial charge >= 0.3 is 0 Å². The average Bonchev–Trinajstić information content (AvgIpc) is 2.80. The number of halogens is 1. The van der Waals surface area contributed by atoms with E-state index in [1.807, 2.05) is 31.2 Å². The Bertz CT molecular complexity index is 805. The van der Waals surface area contributed by atoms with Crippen LogP contribution in [-0.2, 0) is 22.5 Å². The van der Waals surface area contributed by atoms with E-state index in [4.69, 9.17) is 21.5 Å². The third-order valence-electron chi connectivity index (χ3n) is 5.97. The second-order valence-corrected chi connectivity index (χ2v) is 8.68. The summed E-state index contributed by atoms with van der Waals surface area (Å²) >= 11 is 6.05. The van der Waals surface area contributed by atoms with E-state index >= 15 is 0 Å². The predicted molar refractivity (Wildman–Crippen MR) is 123 cm³/mol. The number of amides is 1. The lowest BCUT2D eigenvalue weighted by atomic mass is 9.85. The molecule has 5 nitrogen and oxygen atoms in total. The first-order chi connectivity index (χ1) is 15.1.